The molecule has 0 heterocycles. The lowest BCUT2D eigenvalue weighted by molar-refractivity contribution is -0.140. The van der Waals surface area contributed by atoms with E-state index in [0.29, 0.717) is 6.42 Å². The smallest absolute Gasteiger partial charge is 0.320 e. The van der Waals surface area contributed by atoms with E-state index in [0.717, 1.165) is 0 Å². The van der Waals surface area contributed by atoms with Crippen LogP contribution in [0.2, 0.25) is 0 Å². The Morgan fingerprint density at radius 3 is 2.12 bits per heavy atom. The number of carboxylic acid groups (broad SMARTS) is 1. The highest BCUT2D eigenvalue weighted by molar-refractivity contribution is 5.80. The van der Waals surface area contributed by atoms with Gasteiger partial charge in [-0.3, -0.25) is 14.9 Å². The van der Waals surface area contributed by atoms with E-state index in [2.05, 4.69) is 5.32 Å². The van der Waals surface area contributed by atoms with Crippen LogP contribution in [0.5, 0.6) is 0 Å². The van der Waals surface area contributed by atoms with E-state index >= 15 is 0 Å². The van der Waals surface area contributed by atoms with E-state index in [-0.39, 0.29) is 24.4 Å². The first-order chi connectivity index (χ1) is 7.75. The Balaban J connectivity index is 4.22. The number of nitrogens with one attached hydrogen (secondary N) is 1. The van der Waals surface area contributed by atoms with Gasteiger partial charge in [0.15, 0.2) is 0 Å². The highest BCUT2D eigenvalue weighted by atomic mass is 16.4. The van der Waals surface area contributed by atoms with Crippen molar-refractivity contribution < 1.29 is 14.7 Å². The fourth-order valence-electron chi connectivity index (χ4n) is 1.37. The molecule has 1 atom stereocenters. The van der Waals surface area contributed by atoms with Gasteiger partial charge in [0.2, 0.25) is 5.91 Å². The van der Waals surface area contributed by atoms with Gasteiger partial charge in [0.1, 0.15) is 6.04 Å². The van der Waals surface area contributed by atoms with Crippen molar-refractivity contribution in [1.29, 1.82) is 0 Å². The van der Waals surface area contributed by atoms with Crippen LogP contribution < -0.4 is 5.32 Å². The summed E-state index contributed by atoms with van der Waals surface area (Å²) in [6.07, 6.45) is 0.522. The van der Waals surface area contributed by atoms with Gasteiger partial charge in [-0.2, -0.15) is 0 Å². The quantitative estimate of drug-likeness (QED) is 0.699. The molecule has 0 aliphatic heterocycles. The molecule has 0 bridgehead atoms. The number of carbonyl (C=O) groups is 2. The molecule has 0 rings (SSSR count). The number of carbonyl (C=O) groups excluding carboxylic acids is 1. The van der Waals surface area contributed by atoms with Gasteiger partial charge in [-0.05, 0) is 26.2 Å². The van der Waals surface area contributed by atoms with Crippen molar-refractivity contribution >= 4 is 11.9 Å². The van der Waals surface area contributed by atoms with Gasteiger partial charge in [0, 0.05) is 13.1 Å². The van der Waals surface area contributed by atoms with Gasteiger partial charge in [-0.15, -0.1) is 0 Å². The van der Waals surface area contributed by atoms with Gasteiger partial charge < -0.3 is 10.0 Å². The van der Waals surface area contributed by atoms with Crippen molar-refractivity contribution in [3.05, 3.63) is 0 Å². The minimum Gasteiger partial charge on any atom is -0.480 e. The lowest BCUT2D eigenvalue weighted by atomic mass is 10.0. The number of hydrogen-bond donors (Lipinski definition) is 2. The molecule has 5 heteroatoms. The van der Waals surface area contributed by atoms with Crippen LogP contribution in [0.1, 0.15) is 34.1 Å². The average molecular weight is 244 g/mol. The van der Waals surface area contributed by atoms with Gasteiger partial charge >= 0.3 is 5.97 Å². The molecule has 0 fully saturated rings. The molecule has 5 nitrogen and oxygen atoms in total. The van der Waals surface area contributed by atoms with Crippen LogP contribution in [-0.2, 0) is 9.59 Å². The van der Waals surface area contributed by atoms with Crippen LogP contribution in [0.4, 0.5) is 0 Å². The molecular formula is C12H24N2O3. The van der Waals surface area contributed by atoms with E-state index in [1.165, 1.54) is 0 Å². The van der Waals surface area contributed by atoms with E-state index in [1.54, 1.807) is 11.9 Å². The number of hydrogen-bond acceptors (Lipinski definition) is 3. The van der Waals surface area contributed by atoms with Crippen LogP contribution >= 0.6 is 0 Å². The monoisotopic (exact) mass is 244 g/mol. The largest absolute Gasteiger partial charge is 0.480 e. The van der Waals surface area contributed by atoms with Crippen LogP contribution in [-0.4, -0.2) is 47.6 Å². The zero-order valence-corrected chi connectivity index (χ0v) is 11.4. The Hall–Kier alpha value is -1.10. The van der Waals surface area contributed by atoms with Crippen LogP contribution in [0, 0.1) is 5.92 Å². The first-order valence-electron chi connectivity index (χ1n) is 5.97. The lowest BCUT2D eigenvalue weighted by Gasteiger charge is -2.23. The molecule has 1 unspecified atom stereocenters. The fraction of sp³-hybridized carbons (Fsp3) is 0.833. The molecule has 17 heavy (non-hydrogen) atoms. The Morgan fingerprint density at radius 2 is 1.76 bits per heavy atom. The summed E-state index contributed by atoms with van der Waals surface area (Å²) in [5, 5.41) is 11.8. The predicted octanol–water partition coefficient (Wildman–Crippen LogP) is 0.942. The number of rotatable bonds is 7. The molecule has 0 spiro atoms. The molecule has 0 radical (unpaired) electrons. The SMILES string of the molecule is CC(C)CC(NCC(=O)N(C)C(C)C)C(=O)O. The van der Waals surface area contributed by atoms with Crippen molar-refractivity contribution in [3.63, 3.8) is 0 Å². The Labute approximate surface area is 103 Å². The first kappa shape index (κ1) is 15.9. The minimum absolute atomic E-state index is 0.0678. The van der Waals surface area contributed by atoms with Crippen molar-refractivity contribution in [3.8, 4) is 0 Å². The van der Waals surface area contributed by atoms with Crippen LogP contribution in [0.25, 0.3) is 0 Å². The van der Waals surface area contributed by atoms with Crippen molar-refractivity contribution in [2.75, 3.05) is 13.6 Å². The van der Waals surface area contributed by atoms with Gasteiger partial charge in [0.25, 0.3) is 0 Å². The molecule has 0 aromatic heterocycles. The standard InChI is InChI=1S/C12H24N2O3/c1-8(2)6-10(12(16)17)13-7-11(15)14(5)9(3)4/h8-10,13H,6-7H2,1-5H3,(H,16,17). The zero-order valence-electron chi connectivity index (χ0n) is 11.4. The summed E-state index contributed by atoms with van der Waals surface area (Å²) >= 11 is 0. The summed E-state index contributed by atoms with van der Waals surface area (Å²) in [6.45, 7) is 7.82. The second-order valence-electron chi connectivity index (χ2n) is 5.00. The zero-order chi connectivity index (χ0) is 13.6. The summed E-state index contributed by atoms with van der Waals surface area (Å²) in [6, 6.07) is -0.530. The molecule has 0 aliphatic carbocycles. The predicted molar refractivity (Wildman–Crippen MR) is 66.8 cm³/mol. The number of likely N-dealkylation sites (N-methyl/N-ethyl adjacent to an activating group) is 1. The summed E-state index contributed by atoms with van der Waals surface area (Å²) < 4.78 is 0. The third-order valence-electron chi connectivity index (χ3n) is 2.67. The van der Waals surface area contributed by atoms with E-state index in [9.17, 15) is 9.59 Å². The lowest BCUT2D eigenvalue weighted by Crippen LogP contribution is -2.45. The Kier molecular flexibility index (Phi) is 6.80. The van der Waals surface area contributed by atoms with Gasteiger partial charge in [0.05, 0.1) is 6.54 Å². The maximum absolute atomic E-state index is 11.7. The second-order valence-corrected chi connectivity index (χ2v) is 5.00. The third-order valence-corrected chi connectivity index (χ3v) is 2.67. The molecule has 100 valence electrons. The summed E-state index contributed by atoms with van der Waals surface area (Å²) in [7, 11) is 1.72. The molecule has 0 saturated carbocycles. The summed E-state index contributed by atoms with van der Waals surface area (Å²) in [4.78, 5) is 24.2. The van der Waals surface area contributed by atoms with Gasteiger partial charge in [-0.1, -0.05) is 13.8 Å². The topological polar surface area (TPSA) is 69.6 Å². The normalized spacial score (nSPS) is 12.9. The maximum Gasteiger partial charge on any atom is 0.320 e. The molecule has 2 N–H and O–H groups in total. The van der Waals surface area contributed by atoms with E-state index in [1.807, 2.05) is 27.7 Å². The fourth-order valence-corrected chi connectivity index (χ4v) is 1.37. The molecule has 0 saturated heterocycles. The minimum atomic E-state index is -0.904. The Bertz CT molecular complexity index is 264. The molecule has 0 aromatic carbocycles. The van der Waals surface area contributed by atoms with Crippen LogP contribution in [0.3, 0.4) is 0 Å². The molecule has 0 aromatic rings. The summed E-state index contributed by atoms with van der Waals surface area (Å²) in [5.74, 6) is -0.713. The molecule has 0 aliphatic rings. The van der Waals surface area contributed by atoms with Gasteiger partial charge in [-0.25, -0.2) is 0 Å². The number of aliphatic carboxylic acids is 1. The van der Waals surface area contributed by atoms with Crippen LogP contribution in [0.15, 0.2) is 0 Å². The summed E-state index contributed by atoms with van der Waals surface area (Å²) in [5.41, 5.74) is 0. The Morgan fingerprint density at radius 1 is 1.24 bits per heavy atom. The highest BCUT2D eigenvalue weighted by Gasteiger charge is 2.20. The van der Waals surface area contributed by atoms with E-state index in [4.69, 9.17) is 5.11 Å². The number of amides is 1. The maximum atomic E-state index is 11.7. The molecular weight excluding hydrogens is 220 g/mol. The number of carboxylic acids is 1. The number of nitrogens with zero attached hydrogens (tertiary/aromatic N) is 1. The average Bonchev–Trinajstić information content (AvgIpc) is 2.21. The first-order valence-corrected chi connectivity index (χ1v) is 5.97. The van der Waals surface area contributed by atoms with Crippen molar-refractivity contribution in [2.24, 2.45) is 5.92 Å². The molecule has 1 amide bonds. The highest BCUT2D eigenvalue weighted by Crippen LogP contribution is 2.05. The second kappa shape index (κ2) is 7.27. The third kappa shape index (κ3) is 6.26. The van der Waals surface area contributed by atoms with E-state index < -0.39 is 12.0 Å². The van der Waals surface area contributed by atoms with Crippen molar-refractivity contribution in [1.82, 2.24) is 10.2 Å². The van der Waals surface area contributed by atoms with Crippen molar-refractivity contribution in [2.45, 2.75) is 46.2 Å².